The van der Waals surface area contributed by atoms with E-state index < -0.39 is 4.75 Å². The van der Waals surface area contributed by atoms with Gasteiger partial charge >= 0.3 is 0 Å². The monoisotopic (exact) mass is 159 g/mol. The van der Waals surface area contributed by atoms with Crippen LogP contribution in [0, 0.1) is 0 Å². The lowest BCUT2D eigenvalue weighted by atomic mass is 9.98. The normalized spacial score (nSPS) is 38.3. The van der Waals surface area contributed by atoms with Gasteiger partial charge in [0.1, 0.15) is 12.6 Å². The Kier molecular flexibility index (Phi) is 2.11. The zero-order valence-electron chi connectivity index (χ0n) is 5.45. The summed E-state index contributed by atoms with van der Waals surface area (Å²) in [6.07, 6.45) is 1.79. The third kappa shape index (κ3) is 0.973. The quantitative estimate of drug-likeness (QED) is 0.568. The van der Waals surface area contributed by atoms with Crippen molar-refractivity contribution in [3.63, 3.8) is 0 Å². The maximum absolute atomic E-state index is 10.4. The van der Waals surface area contributed by atoms with Crippen LogP contribution in [-0.2, 0) is 9.59 Å². The van der Waals surface area contributed by atoms with Crippen LogP contribution in [0.15, 0.2) is 0 Å². The van der Waals surface area contributed by atoms with Gasteiger partial charge in [-0.25, -0.2) is 0 Å². The summed E-state index contributed by atoms with van der Waals surface area (Å²) in [4.78, 5) is 20.5. The summed E-state index contributed by atoms with van der Waals surface area (Å²) >= 11 is 1.46. The van der Waals surface area contributed by atoms with Gasteiger partial charge in [0.2, 0.25) is 0 Å². The Bertz CT molecular complexity index is 162. The van der Waals surface area contributed by atoms with Crippen molar-refractivity contribution >= 4 is 24.3 Å². The molecule has 56 valence electrons. The van der Waals surface area contributed by atoms with Gasteiger partial charge < -0.3 is 15.3 Å². The van der Waals surface area contributed by atoms with Gasteiger partial charge in [0.25, 0.3) is 0 Å². The Balaban J connectivity index is 2.59. The minimum absolute atomic E-state index is 0.125. The summed E-state index contributed by atoms with van der Waals surface area (Å²) < 4.78 is -0.582. The molecule has 1 fully saturated rings. The topological polar surface area (TPSA) is 60.2 Å². The van der Waals surface area contributed by atoms with Crippen LogP contribution in [0.2, 0.25) is 0 Å². The maximum Gasteiger partial charge on any atom is 0.138 e. The molecule has 2 N–H and O–H groups in total. The fourth-order valence-corrected chi connectivity index (χ4v) is 1.94. The van der Waals surface area contributed by atoms with E-state index in [-0.39, 0.29) is 12.5 Å². The summed E-state index contributed by atoms with van der Waals surface area (Å²) in [7, 11) is 0. The van der Waals surface area contributed by atoms with E-state index in [1.54, 1.807) is 0 Å². The zero-order valence-corrected chi connectivity index (χ0v) is 6.26. The van der Waals surface area contributed by atoms with E-state index in [4.69, 9.17) is 5.73 Å². The highest BCUT2D eigenvalue weighted by atomic mass is 32.2. The van der Waals surface area contributed by atoms with E-state index >= 15 is 0 Å². The van der Waals surface area contributed by atoms with Crippen molar-refractivity contribution in [1.29, 1.82) is 0 Å². The van der Waals surface area contributed by atoms with Crippen LogP contribution in [0.3, 0.4) is 0 Å². The van der Waals surface area contributed by atoms with Gasteiger partial charge in [0.05, 0.1) is 4.75 Å². The lowest BCUT2D eigenvalue weighted by molar-refractivity contribution is -0.114. The van der Waals surface area contributed by atoms with E-state index in [0.29, 0.717) is 0 Å². The Hall–Kier alpha value is -0.350. The molecular weight excluding hydrogens is 150 g/mol. The van der Waals surface area contributed by atoms with Crippen LogP contribution in [0.1, 0.15) is 6.42 Å². The number of carbonyl (C=O) groups excluding carboxylic acids is 2. The van der Waals surface area contributed by atoms with Crippen LogP contribution in [-0.4, -0.2) is 29.1 Å². The van der Waals surface area contributed by atoms with Crippen LogP contribution in [0.5, 0.6) is 0 Å². The van der Waals surface area contributed by atoms with E-state index in [2.05, 4.69) is 0 Å². The minimum atomic E-state index is -0.582. The Morgan fingerprint density at radius 2 is 2.40 bits per heavy atom. The molecule has 0 aromatic carbocycles. The molecule has 1 unspecified atom stereocenters. The average Bonchev–Trinajstić information content (AvgIpc) is 1.97. The molecule has 10 heavy (non-hydrogen) atoms. The van der Waals surface area contributed by atoms with E-state index in [0.717, 1.165) is 18.3 Å². The molecule has 0 aromatic rings. The molecule has 1 aliphatic rings. The van der Waals surface area contributed by atoms with Crippen molar-refractivity contribution in [2.45, 2.75) is 17.2 Å². The second-order valence-electron chi connectivity index (χ2n) is 2.36. The first-order valence-electron chi connectivity index (χ1n) is 3.04. The highest BCUT2D eigenvalue weighted by Crippen LogP contribution is 2.39. The van der Waals surface area contributed by atoms with Crippen molar-refractivity contribution in [1.82, 2.24) is 0 Å². The lowest BCUT2D eigenvalue weighted by Crippen LogP contribution is -2.57. The summed E-state index contributed by atoms with van der Waals surface area (Å²) in [5.41, 5.74) is 5.54. The van der Waals surface area contributed by atoms with E-state index in [9.17, 15) is 9.59 Å². The van der Waals surface area contributed by atoms with Crippen LogP contribution in [0.25, 0.3) is 0 Å². The number of carbonyl (C=O) groups is 2. The van der Waals surface area contributed by atoms with Crippen LogP contribution < -0.4 is 5.73 Å². The molecule has 4 heteroatoms. The molecular formula is C6H9NO2S. The largest absolute Gasteiger partial charge is 0.325 e. The number of thioether (sulfide) groups is 1. The fourth-order valence-electron chi connectivity index (χ4n) is 0.904. The summed E-state index contributed by atoms with van der Waals surface area (Å²) in [6.45, 7) is 0. The molecule has 2 atom stereocenters. The highest BCUT2D eigenvalue weighted by Gasteiger charge is 2.45. The minimum Gasteiger partial charge on any atom is -0.325 e. The van der Waals surface area contributed by atoms with Gasteiger partial charge in [-0.3, -0.25) is 0 Å². The first kappa shape index (κ1) is 7.75. The molecule has 0 spiro atoms. The van der Waals surface area contributed by atoms with Crippen molar-refractivity contribution in [3.05, 3.63) is 0 Å². The Labute approximate surface area is 63.3 Å². The number of hydrogen-bond donors (Lipinski definition) is 1. The number of aldehydes is 2. The SMILES string of the molecule is NC1CS[C@@]1(C=O)CC=O. The van der Waals surface area contributed by atoms with Crippen LogP contribution in [0.4, 0.5) is 0 Å². The Morgan fingerprint density at radius 3 is 2.50 bits per heavy atom. The first-order chi connectivity index (χ1) is 4.75. The molecule has 1 rings (SSSR count). The molecule has 3 nitrogen and oxygen atoms in total. The molecule has 0 aliphatic carbocycles. The Morgan fingerprint density at radius 1 is 1.70 bits per heavy atom. The zero-order chi connectivity index (χ0) is 7.61. The van der Waals surface area contributed by atoms with Gasteiger partial charge in [0.15, 0.2) is 0 Å². The molecule has 0 radical (unpaired) electrons. The lowest BCUT2D eigenvalue weighted by Gasteiger charge is -2.41. The van der Waals surface area contributed by atoms with Gasteiger partial charge in [-0.2, -0.15) is 0 Å². The molecule has 0 bridgehead atoms. The number of nitrogens with two attached hydrogens (primary N) is 1. The predicted molar refractivity (Wildman–Crippen MR) is 39.9 cm³/mol. The van der Waals surface area contributed by atoms with Gasteiger partial charge in [-0.05, 0) is 0 Å². The third-order valence-electron chi connectivity index (χ3n) is 1.76. The maximum atomic E-state index is 10.4. The van der Waals surface area contributed by atoms with Crippen molar-refractivity contribution < 1.29 is 9.59 Å². The van der Waals surface area contributed by atoms with Gasteiger partial charge in [-0.1, -0.05) is 0 Å². The summed E-state index contributed by atoms with van der Waals surface area (Å²) in [5, 5.41) is 0. The molecule has 0 amide bonds. The molecule has 1 saturated heterocycles. The number of rotatable bonds is 3. The third-order valence-corrected chi connectivity index (χ3v) is 3.39. The standard InChI is InChI=1S/C6H9NO2S/c7-5-3-10-6(5,4-9)1-2-8/h2,4-5H,1,3,7H2/t5?,6-/m1/s1. The molecule has 1 heterocycles. The summed E-state index contributed by atoms with van der Waals surface area (Å²) in [6, 6.07) is -0.125. The first-order valence-corrected chi connectivity index (χ1v) is 4.03. The second kappa shape index (κ2) is 2.72. The second-order valence-corrected chi connectivity index (χ2v) is 3.74. The molecule has 0 aromatic heterocycles. The van der Waals surface area contributed by atoms with Crippen molar-refractivity contribution in [2.75, 3.05) is 5.75 Å². The summed E-state index contributed by atoms with van der Waals surface area (Å²) in [5.74, 6) is 0.784. The molecule has 0 saturated carbocycles. The van der Waals surface area contributed by atoms with Crippen molar-refractivity contribution in [3.8, 4) is 0 Å². The van der Waals surface area contributed by atoms with Gasteiger partial charge in [0, 0.05) is 18.2 Å². The predicted octanol–water partition coefficient (Wildman–Crippen LogP) is -0.413. The van der Waals surface area contributed by atoms with Crippen molar-refractivity contribution in [2.24, 2.45) is 5.73 Å². The van der Waals surface area contributed by atoms with E-state index in [1.165, 1.54) is 11.8 Å². The smallest absolute Gasteiger partial charge is 0.138 e. The number of hydrogen-bond acceptors (Lipinski definition) is 4. The van der Waals surface area contributed by atoms with Crippen LogP contribution >= 0.6 is 11.8 Å². The van der Waals surface area contributed by atoms with Gasteiger partial charge in [-0.15, -0.1) is 11.8 Å². The van der Waals surface area contributed by atoms with E-state index in [1.807, 2.05) is 0 Å². The average molecular weight is 159 g/mol. The fraction of sp³-hybridized carbons (Fsp3) is 0.667. The highest BCUT2D eigenvalue weighted by molar-refractivity contribution is 8.03. The molecule has 1 aliphatic heterocycles.